The molecular formula is C44H47ClFN7O5S. The number of pyridine rings is 1. The number of nitrogens with one attached hydrogen (secondary N) is 3. The number of benzene rings is 3. The lowest BCUT2D eigenvalue weighted by molar-refractivity contribution is -0.384. The van der Waals surface area contributed by atoms with Crippen molar-refractivity contribution in [3.8, 4) is 17.2 Å². The van der Waals surface area contributed by atoms with Crippen LogP contribution < -0.4 is 24.7 Å². The molecule has 2 aliphatic heterocycles. The SMILES string of the molecule is O=[N+]([O-])c1cc(SNOc2c(F)cc(N3CCN(CC4=C(c5ccc(Cl)cc5)CC5(CCC5)CC4)CC3)cc2Oc2cnc3[nH]ccc3c2)ccc1NC1CCOCC1. The van der Waals surface area contributed by atoms with Crippen LogP contribution in [0.5, 0.6) is 17.2 Å². The number of hydrogen-bond donors (Lipinski definition) is 3. The molecule has 1 saturated carbocycles. The van der Waals surface area contributed by atoms with Crippen LogP contribution >= 0.6 is 23.5 Å². The molecule has 3 N–H and O–H groups in total. The minimum absolute atomic E-state index is 0.0601. The van der Waals surface area contributed by atoms with Gasteiger partial charge in [-0.1, -0.05) is 40.6 Å². The standard InChI is InChI=1S/C44H47ClFN7O5S/c45-32-4-2-29(3-5-32)37-26-44(12-1-13-44)14-8-31(37)28-51-16-18-52(19-17-51)34-23-38(46)42(41(24-34)57-35-22-30-9-15-47-43(30)48-27-35)58-50-59-36-6-7-39(40(25-36)53(54)55)49-33-10-20-56-21-11-33/h2-7,9,15,22-25,27,33,49-50H,1,8,10-14,16-21,26,28H2,(H,47,48). The van der Waals surface area contributed by atoms with Crippen molar-refractivity contribution in [2.45, 2.75) is 62.3 Å². The molecular weight excluding hydrogens is 793 g/mol. The second-order valence-electron chi connectivity index (χ2n) is 16.1. The maximum Gasteiger partial charge on any atom is 0.293 e. The molecule has 1 spiro atoms. The van der Waals surface area contributed by atoms with E-state index in [0.29, 0.717) is 46.3 Å². The molecule has 4 heterocycles. The Bertz CT molecular complexity index is 2340. The lowest BCUT2D eigenvalue weighted by atomic mass is 9.59. The number of aromatic amines is 1. The summed E-state index contributed by atoms with van der Waals surface area (Å²) < 4.78 is 27.9. The van der Waals surface area contributed by atoms with E-state index in [1.807, 2.05) is 24.3 Å². The highest BCUT2D eigenvalue weighted by atomic mass is 35.5. The van der Waals surface area contributed by atoms with Gasteiger partial charge in [-0.05, 0) is 110 Å². The van der Waals surface area contributed by atoms with Gasteiger partial charge in [0.05, 0.1) is 11.1 Å². The topological polar surface area (TPSA) is 130 Å². The van der Waals surface area contributed by atoms with Crippen molar-refractivity contribution in [3.63, 3.8) is 0 Å². The Kier molecular flexibility index (Phi) is 11.7. The van der Waals surface area contributed by atoms with Crippen LogP contribution in [0.2, 0.25) is 5.02 Å². The predicted molar refractivity (Wildman–Crippen MR) is 230 cm³/mol. The summed E-state index contributed by atoms with van der Waals surface area (Å²) in [4.78, 5) is 32.9. The van der Waals surface area contributed by atoms with Crippen molar-refractivity contribution in [2.24, 2.45) is 5.41 Å². The normalized spacial score (nSPS) is 18.6. The third kappa shape index (κ3) is 9.02. The molecule has 0 atom stereocenters. The van der Waals surface area contributed by atoms with Crippen LogP contribution in [0.25, 0.3) is 16.6 Å². The largest absolute Gasteiger partial charge is 0.452 e. The molecule has 59 heavy (non-hydrogen) atoms. The van der Waals surface area contributed by atoms with Gasteiger partial charge in [0.25, 0.3) is 5.69 Å². The van der Waals surface area contributed by atoms with Gasteiger partial charge in [0, 0.05) is 97.4 Å². The Morgan fingerprint density at radius 2 is 1.85 bits per heavy atom. The van der Waals surface area contributed by atoms with Crippen LogP contribution in [-0.2, 0) is 4.74 Å². The van der Waals surface area contributed by atoms with Crippen molar-refractivity contribution >= 4 is 57.2 Å². The minimum Gasteiger partial charge on any atom is -0.452 e. The molecule has 0 amide bonds. The number of allylic oxidation sites excluding steroid dienone is 1. The van der Waals surface area contributed by atoms with Gasteiger partial charge in [0.2, 0.25) is 5.75 Å². The van der Waals surface area contributed by atoms with E-state index >= 15 is 4.39 Å². The van der Waals surface area contributed by atoms with Crippen LogP contribution in [0.1, 0.15) is 56.9 Å². The average Bonchev–Trinajstić information content (AvgIpc) is 3.71. The Labute approximate surface area is 351 Å². The summed E-state index contributed by atoms with van der Waals surface area (Å²) in [5.74, 6) is -0.181. The van der Waals surface area contributed by atoms with Gasteiger partial charge in [0.15, 0.2) is 11.6 Å². The summed E-state index contributed by atoms with van der Waals surface area (Å²) in [6.07, 6.45) is 12.4. The number of fused-ring (bicyclic) bond motifs is 1. The van der Waals surface area contributed by atoms with Crippen molar-refractivity contribution in [1.29, 1.82) is 0 Å². The lowest BCUT2D eigenvalue weighted by Crippen LogP contribution is -2.47. The fourth-order valence-corrected chi connectivity index (χ4v) is 9.51. The molecule has 4 aliphatic rings. The van der Waals surface area contributed by atoms with Gasteiger partial charge in [-0.3, -0.25) is 15.0 Å². The number of rotatable bonds is 13. The van der Waals surface area contributed by atoms with E-state index < -0.39 is 10.7 Å². The first-order valence-corrected chi connectivity index (χ1v) is 21.6. The molecule has 3 aromatic carbocycles. The second kappa shape index (κ2) is 17.4. The zero-order chi connectivity index (χ0) is 40.3. The molecule has 5 aromatic rings. The summed E-state index contributed by atoms with van der Waals surface area (Å²) >= 11 is 7.26. The van der Waals surface area contributed by atoms with Gasteiger partial charge < -0.3 is 29.5 Å². The predicted octanol–water partition coefficient (Wildman–Crippen LogP) is 10.2. The molecule has 2 saturated heterocycles. The third-order valence-corrected chi connectivity index (χ3v) is 13.2. The van der Waals surface area contributed by atoms with Crippen LogP contribution in [0.15, 0.2) is 89.6 Å². The quantitative estimate of drug-likeness (QED) is 0.0595. The third-order valence-electron chi connectivity index (χ3n) is 12.3. The number of hydrogen-bond acceptors (Lipinski definition) is 11. The minimum atomic E-state index is -0.615. The van der Waals surface area contributed by atoms with Crippen LogP contribution in [0, 0.1) is 21.3 Å². The molecule has 12 nitrogen and oxygen atoms in total. The smallest absolute Gasteiger partial charge is 0.293 e. The van der Waals surface area contributed by atoms with Gasteiger partial charge in [-0.25, -0.2) is 9.37 Å². The highest BCUT2D eigenvalue weighted by molar-refractivity contribution is 7.97. The van der Waals surface area contributed by atoms with Crippen LogP contribution in [-0.4, -0.2) is 71.8 Å². The van der Waals surface area contributed by atoms with E-state index in [2.05, 4.69) is 42.1 Å². The number of aromatic nitrogens is 2. The van der Waals surface area contributed by atoms with Crippen molar-refractivity contribution in [3.05, 3.63) is 111 Å². The fraction of sp³-hybridized carbons (Fsp3) is 0.386. The summed E-state index contributed by atoms with van der Waals surface area (Å²) in [6, 6.07) is 20.3. The number of H-pyrrole nitrogens is 1. The van der Waals surface area contributed by atoms with Gasteiger partial charge in [-0.2, -0.15) is 0 Å². The van der Waals surface area contributed by atoms with Crippen molar-refractivity contribution < 1.29 is 23.6 Å². The molecule has 0 bridgehead atoms. The molecule has 0 radical (unpaired) electrons. The fourth-order valence-electron chi connectivity index (χ4n) is 8.86. The summed E-state index contributed by atoms with van der Waals surface area (Å²) in [7, 11) is 0. The molecule has 3 fully saturated rings. The van der Waals surface area contributed by atoms with Crippen LogP contribution in [0.3, 0.4) is 0 Å². The number of nitro benzene ring substituents is 1. The van der Waals surface area contributed by atoms with Gasteiger partial charge >= 0.3 is 0 Å². The van der Waals surface area contributed by atoms with Crippen molar-refractivity contribution in [2.75, 3.05) is 56.2 Å². The molecule has 0 unspecified atom stereocenters. The maximum absolute atomic E-state index is 16.2. The Morgan fingerprint density at radius 1 is 1.03 bits per heavy atom. The van der Waals surface area contributed by atoms with E-state index in [1.165, 1.54) is 54.5 Å². The number of nitro groups is 1. The van der Waals surface area contributed by atoms with E-state index in [0.717, 1.165) is 80.8 Å². The molecule has 9 rings (SSSR count). The van der Waals surface area contributed by atoms with E-state index in [9.17, 15) is 10.1 Å². The second-order valence-corrected chi connectivity index (χ2v) is 17.4. The number of nitrogens with zero attached hydrogens (tertiary/aromatic N) is 4. The number of ether oxygens (including phenoxy) is 2. The van der Waals surface area contributed by atoms with E-state index in [-0.39, 0.29) is 23.2 Å². The lowest BCUT2D eigenvalue weighted by Gasteiger charge is -2.47. The Morgan fingerprint density at radius 3 is 2.61 bits per heavy atom. The average molecular weight is 840 g/mol. The molecule has 308 valence electrons. The zero-order valence-electron chi connectivity index (χ0n) is 32.7. The molecule has 2 aliphatic carbocycles. The number of halogens is 2. The van der Waals surface area contributed by atoms with Gasteiger partial charge in [-0.15, -0.1) is 0 Å². The Hall–Kier alpha value is -4.86. The monoisotopic (exact) mass is 839 g/mol. The van der Waals surface area contributed by atoms with Crippen molar-refractivity contribution in [1.82, 2.24) is 19.8 Å². The maximum atomic E-state index is 16.2. The molecule has 15 heteroatoms. The highest BCUT2D eigenvalue weighted by Crippen LogP contribution is 2.55. The summed E-state index contributed by atoms with van der Waals surface area (Å²) in [5, 5.41) is 16.9. The Balaban J connectivity index is 0.904. The number of piperazine rings is 1. The van der Waals surface area contributed by atoms with E-state index in [1.54, 1.807) is 30.6 Å². The first kappa shape index (κ1) is 39.6. The molecule has 2 aromatic heterocycles. The first-order chi connectivity index (χ1) is 28.8. The van der Waals surface area contributed by atoms with Crippen LogP contribution in [0.4, 0.5) is 21.5 Å². The summed E-state index contributed by atoms with van der Waals surface area (Å²) in [5.41, 5.74) is 6.54. The zero-order valence-corrected chi connectivity index (χ0v) is 34.3. The summed E-state index contributed by atoms with van der Waals surface area (Å²) in [6.45, 7) is 5.26. The van der Waals surface area contributed by atoms with Gasteiger partial charge in [0.1, 0.15) is 17.1 Å². The van der Waals surface area contributed by atoms with E-state index in [4.69, 9.17) is 25.9 Å². The number of anilines is 2. The first-order valence-electron chi connectivity index (χ1n) is 20.4. The highest BCUT2D eigenvalue weighted by Gasteiger charge is 2.41.